The van der Waals surface area contributed by atoms with E-state index in [0.29, 0.717) is 36.5 Å². The first kappa shape index (κ1) is 22.1. The number of amides is 1. The maximum Gasteiger partial charge on any atom is 0.339 e. The molecule has 7 nitrogen and oxygen atoms in total. The fraction of sp³-hybridized carbons (Fsp3) is 0.478. The number of nitrogens with one attached hydrogen (secondary N) is 1. The van der Waals surface area contributed by atoms with Gasteiger partial charge in [0, 0.05) is 49.6 Å². The second kappa shape index (κ2) is 10.4. The van der Waals surface area contributed by atoms with E-state index < -0.39 is 5.63 Å². The number of hydrogen-bond acceptors (Lipinski definition) is 6. The minimum Gasteiger partial charge on any atom is -0.489 e. The van der Waals surface area contributed by atoms with E-state index >= 15 is 0 Å². The highest BCUT2D eigenvalue weighted by atomic mass is 16.5. The molecule has 1 N–H and O–H groups in total. The van der Waals surface area contributed by atoms with Crippen LogP contribution >= 0.6 is 0 Å². The van der Waals surface area contributed by atoms with Gasteiger partial charge in [-0.2, -0.15) is 0 Å². The highest BCUT2D eigenvalue weighted by Crippen LogP contribution is 2.25. The lowest BCUT2D eigenvalue weighted by atomic mass is 10.0. The van der Waals surface area contributed by atoms with Crippen molar-refractivity contribution in [1.29, 1.82) is 0 Å². The lowest BCUT2D eigenvalue weighted by Crippen LogP contribution is -2.41. The molecule has 1 aliphatic heterocycles. The third-order valence-electron chi connectivity index (χ3n) is 5.20. The van der Waals surface area contributed by atoms with Crippen LogP contribution in [0.3, 0.4) is 0 Å². The average molecular weight is 415 g/mol. The maximum absolute atomic E-state index is 12.5. The largest absolute Gasteiger partial charge is 0.489 e. The summed E-state index contributed by atoms with van der Waals surface area (Å²) >= 11 is 0. The van der Waals surface area contributed by atoms with Crippen molar-refractivity contribution >= 4 is 16.9 Å². The van der Waals surface area contributed by atoms with E-state index in [2.05, 4.69) is 16.8 Å². The Morgan fingerprint density at radius 3 is 2.80 bits per heavy atom. The predicted octanol–water partition coefficient (Wildman–Crippen LogP) is 2.44. The molecule has 30 heavy (non-hydrogen) atoms. The van der Waals surface area contributed by atoms with E-state index in [0.717, 1.165) is 49.4 Å². The van der Waals surface area contributed by atoms with E-state index in [9.17, 15) is 9.59 Å². The zero-order chi connectivity index (χ0) is 21.5. The third-order valence-corrected chi connectivity index (χ3v) is 5.20. The van der Waals surface area contributed by atoms with Gasteiger partial charge in [-0.15, -0.1) is 0 Å². The van der Waals surface area contributed by atoms with Crippen molar-refractivity contribution < 1.29 is 18.7 Å². The summed E-state index contributed by atoms with van der Waals surface area (Å²) in [6, 6.07) is 5.45. The van der Waals surface area contributed by atoms with Crippen LogP contribution in [0.1, 0.15) is 24.5 Å². The second-order valence-corrected chi connectivity index (χ2v) is 7.70. The van der Waals surface area contributed by atoms with Crippen molar-refractivity contribution in [1.82, 2.24) is 10.2 Å². The topological polar surface area (TPSA) is 81.0 Å². The molecule has 0 spiro atoms. The number of carbonyl (C=O) groups excluding carboxylic acids is 1. The summed E-state index contributed by atoms with van der Waals surface area (Å²) in [5, 5.41) is 3.78. The van der Waals surface area contributed by atoms with Crippen LogP contribution in [0.4, 0.5) is 0 Å². The molecule has 1 aliphatic rings. The number of nitrogens with zero attached hydrogens (tertiary/aromatic N) is 1. The van der Waals surface area contributed by atoms with E-state index in [-0.39, 0.29) is 12.3 Å². The molecule has 1 saturated heterocycles. The van der Waals surface area contributed by atoms with Crippen molar-refractivity contribution in [2.24, 2.45) is 0 Å². The maximum atomic E-state index is 12.5. The molecule has 1 aromatic heterocycles. The molecule has 0 saturated carbocycles. The number of fused-ring (bicyclic) bond motifs is 1. The van der Waals surface area contributed by atoms with E-state index in [1.807, 2.05) is 26.0 Å². The molecule has 1 amide bonds. The smallest absolute Gasteiger partial charge is 0.339 e. The summed E-state index contributed by atoms with van der Waals surface area (Å²) in [6.07, 6.45) is 0.599. The van der Waals surface area contributed by atoms with E-state index in [1.165, 1.54) is 0 Å². The Kier molecular flexibility index (Phi) is 7.65. The summed E-state index contributed by atoms with van der Waals surface area (Å²) in [5.41, 5.74) is 2.37. The molecule has 0 radical (unpaired) electrons. The summed E-state index contributed by atoms with van der Waals surface area (Å²) in [7, 11) is 0. The number of rotatable bonds is 9. The fourth-order valence-corrected chi connectivity index (χ4v) is 3.47. The van der Waals surface area contributed by atoms with Gasteiger partial charge in [0.1, 0.15) is 17.9 Å². The lowest BCUT2D eigenvalue weighted by Gasteiger charge is -2.26. The van der Waals surface area contributed by atoms with Crippen molar-refractivity contribution in [3.8, 4) is 5.75 Å². The molecule has 0 unspecified atom stereocenters. The lowest BCUT2D eigenvalue weighted by molar-refractivity contribution is -0.121. The molecular formula is C23H30N2O5. The number of ether oxygens (including phenoxy) is 2. The number of hydrogen-bond donors (Lipinski definition) is 1. The van der Waals surface area contributed by atoms with Gasteiger partial charge in [-0.1, -0.05) is 6.58 Å². The zero-order valence-corrected chi connectivity index (χ0v) is 17.8. The monoisotopic (exact) mass is 414 g/mol. The summed E-state index contributed by atoms with van der Waals surface area (Å²) in [5.74, 6) is 0.561. The van der Waals surface area contributed by atoms with Crippen LogP contribution in [0.2, 0.25) is 0 Å². The van der Waals surface area contributed by atoms with Gasteiger partial charge >= 0.3 is 5.63 Å². The normalized spacial score (nSPS) is 14.6. The zero-order valence-electron chi connectivity index (χ0n) is 17.8. The number of benzene rings is 1. The Labute approximate surface area is 176 Å². The molecule has 7 heteroatoms. The molecule has 0 bridgehead atoms. The first-order valence-corrected chi connectivity index (χ1v) is 10.3. The standard InChI is InChI=1S/C23H30N2O5/c1-16(2)15-29-18-4-5-19-17(3)20(23(27)30-21(19)14-18)6-7-22(26)24-8-9-25-10-12-28-13-11-25/h4-5,14H,1,6-13,15H2,2-3H3,(H,24,26). The van der Waals surface area contributed by atoms with Gasteiger partial charge in [-0.05, 0) is 43.5 Å². The van der Waals surface area contributed by atoms with Crippen LogP contribution in [-0.2, 0) is 16.0 Å². The minimum atomic E-state index is -0.404. The number of aryl methyl sites for hydroxylation is 1. The SMILES string of the molecule is C=C(C)COc1ccc2c(C)c(CCC(=O)NCCN3CCOCC3)c(=O)oc2c1. The van der Waals surface area contributed by atoms with Crippen LogP contribution < -0.4 is 15.7 Å². The summed E-state index contributed by atoms with van der Waals surface area (Å²) in [6.45, 7) is 12.7. The number of carbonyl (C=O) groups is 1. The Morgan fingerprint density at radius 2 is 2.07 bits per heavy atom. The fourth-order valence-electron chi connectivity index (χ4n) is 3.47. The Hall–Kier alpha value is -2.64. The summed E-state index contributed by atoms with van der Waals surface area (Å²) < 4.78 is 16.4. The highest BCUT2D eigenvalue weighted by Gasteiger charge is 2.14. The first-order chi connectivity index (χ1) is 14.4. The number of morpholine rings is 1. The van der Waals surface area contributed by atoms with Gasteiger partial charge < -0.3 is 19.2 Å². The Balaban J connectivity index is 1.58. The van der Waals surface area contributed by atoms with Crippen LogP contribution in [0.25, 0.3) is 11.0 Å². The predicted molar refractivity (Wildman–Crippen MR) is 116 cm³/mol. The third kappa shape index (κ3) is 5.93. The van der Waals surface area contributed by atoms with Crippen LogP contribution in [0, 0.1) is 6.92 Å². The van der Waals surface area contributed by atoms with Gasteiger partial charge in [0.25, 0.3) is 0 Å². The van der Waals surface area contributed by atoms with Gasteiger partial charge in [0.05, 0.1) is 13.2 Å². The van der Waals surface area contributed by atoms with Crippen LogP contribution in [0.15, 0.2) is 39.6 Å². The van der Waals surface area contributed by atoms with Crippen LogP contribution in [-0.4, -0.2) is 56.8 Å². The van der Waals surface area contributed by atoms with Crippen molar-refractivity contribution in [2.45, 2.75) is 26.7 Å². The second-order valence-electron chi connectivity index (χ2n) is 7.70. The molecule has 162 valence electrons. The van der Waals surface area contributed by atoms with Crippen molar-refractivity contribution in [2.75, 3.05) is 46.0 Å². The molecule has 1 fully saturated rings. The Morgan fingerprint density at radius 1 is 1.30 bits per heavy atom. The van der Waals surface area contributed by atoms with Gasteiger partial charge in [0.2, 0.25) is 5.91 Å². The van der Waals surface area contributed by atoms with Gasteiger partial charge in [0.15, 0.2) is 0 Å². The quantitative estimate of drug-likeness (QED) is 0.501. The molecule has 0 atom stereocenters. The summed E-state index contributed by atoms with van der Waals surface area (Å²) in [4.78, 5) is 27.0. The van der Waals surface area contributed by atoms with E-state index in [1.54, 1.807) is 6.07 Å². The van der Waals surface area contributed by atoms with Gasteiger partial charge in [-0.3, -0.25) is 9.69 Å². The van der Waals surface area contributed by atoms with Crippen LogP contribution in [0.5, 0.6) is 5.75 Å². The Bertz CT molecular complexity index is 960. The van der Waals surface area contributed by atoms with Crippen molar-refractivity contribution in [3.05, 3.63) is 51.9 Å². The first-order valence-electron chi connectivity index (χ1n) is 10.3. The molecule has 2 heterocycles. The molecule has 1 aromatic carbocycles. The minimum absolute atomic E-state index is 0.0642. The van der Waals surface area contributed by atoms with Gasteiger partial charge in [-0.25, -0.2) is 4.79 Å². The molecule has 0 aliphatic carbocycles. The molecular weight excluding hydrogens is 384 g/mol. The molecule has 3 rings (SSSR count). The highest BCUT2D eigenvalue weighted by molar-refractivity contribution is 5.82. The van der Waals surface area contributed by atoms with Crippen molar-refractivity contribution in [3.63, 3.8) is 0 Å². The molecule has 2 aromatic rings. The van der Waals surface area contributed by atoms with E-state index in [4.69, 9.17) is 13.9 Å². The average Bonchev–Trinajstić information content (AvgIpc) is 2.72.